The van der Waals surface area contributed by atoms with Crippen molar-refractivity contribution < 1.29 is 10.0 Å². The van der Waals surface area contributed by atoms with Crippen molar-refractivity contribution in [3.05, 3.63) is 94.5 Å². The van der Waals surface area contributed by atoms with Crippen LogP contribution in [0.2, 0.25) is 0 Å². The average molecular weight is 387 g/mol. The normalized spacial score (nSPS) is 10.6. The number of nitrogens with one attached hydrogen (secondary N) is 2. The number of carbonyl (C=O) groups excluding carboxylic acids is 1. The van der Waals surface area contributed by atoms with Crippen molar-refractivity contribution in [3.63, 3.8) is 0 Å². The van der Waals surface area contributed by atoms with E-state index in [0.29, 0.717) is 28.0 Å². The minimum absolute atomic E-state index is 0.128. The van der Waals surface area contributed by atoms with Gasteiger partial charge in [0.1, 0.15) is 5.82 Å². The fourth-order valence-corrected chi connectivity index (χ4v) is 2.86. The quantitative estimate of drug-likeness (QED) is 0.454. The molecule has 4 aromatic rings. The zero-order valence-electron chi connectivity index (χ0n) is 15.2. The Labute approximate surface area is 165 Å². The third-order valence-corrected chi connectivity index (χ3v) is 4.34. The first-order chi connectivity index (χ1) is 14.1. The maximum atomic E-state index is 12.3. The fraction of sp³-hybridized carbons (Fsp3) is 0.0476. The van der Waals surface area contributed by atoms with Crippen LogP contribution < -0.4 is 16.3 Å². The molecule has 0 fully saturated rings. The van der Waals surface area contributed by atoms with Crippen LogP contribution in [-0.2, 0) is 6.54 Å². The Morgan fingerprint density at radius 3 is 2.52 bits per heavy atom. The van der Waals surface area contributed by atoms with E-state index in [1.54, 1.807) is 24.3 Å². The lowest BCUT2D eigenvalue weighted by molar-refractivity contribution is 0.102. The summed E-state index contributed by atoms with van der Waals surface area (Å²) in [5, 5.41) is 16.2. The number of aromatic nitrogens is 3. The minimum atomic E-state index is -0.813. The largest absolute Gasteiger partial charge is 0.422 e. The fourth-order valence-electron chi connectivity index (χ4n) is 2.86. The van der Waals surface area contributed by atoms with E-state index in [1.807, 2.05) is 42.5 Å². The molecule has 8 nitrogen and oxygen atoms in total. The SMILES string of the molecule is O=C(Nc1ccccc1)c1ccc(CNc2nc(=O)n(O)c3ncccc23)cc1. The van der Waals surface area contributed by atoms with Gasteiger partial charge in [0, 0.05) is 24.0 Å². The van der Waals surface area contributed by atoms with Crippen molar-refractivity contribution in [3.8, 4) is 0 Å². The summed E-state index contributed by atoms with van der Waals surface area (Å²) >= 11 is 0. The van der Waals surface area contributed by atoms with Crippen LogP contribution in [0.15, 0.2) is 77.7 Å². The van der Waals surface area contributed by atoms with Crippen LogP contribution in [0.1, 0.15) is 15.9 Å². The first kappa shape index (κ1) is 18.2. The van der Waals surface area contributed by atoms with E-state index in [9.17, 15) is 14.8 Å². The zero-order valence-corrected chi connectivity index (χ0v) is 15.2. The van der Waals surface area contributed by atoms with Gasteiger partial charge in [0.2, 0.25) is 0 Å². The van der Waals surface area contributed by atoms with Gasteiger partial charge in [-0.25, -0.2) is 9.78 Å². The van der Waals surface area contributed by atoms with Crippen LogP contribution in [0.4, 0.5) is 11.5 Å². The Hall–Kier alpha value is -4.20. The number of fused-ring (bicyclic) bond motifs is 1. The van der Waals surface area contributed by atoms with E-state index >= 15 is 0 Å². The molecule has 0 radical (unpaired) electrons. The highest BCUT2D eigenvalue weighted by Crippen LogP contribution is 2.17. The lowest BCUT2D eigenvalue weighted by atomic mass is 10.1. The van der Waals surface area contributed by atoms with Crippen molar-refractivity contribution in [1.82, 2.24) is 14.7 Å². The number of hydrogen-bond acceptors (Lipinski definition) is 6. The lowest BCUT2D eigenvalue weighted by Gasteiger charge is -2.10. The van der Waals surface area contributed by atoms with Gasteiger partial charge in [-0.1, -0.05) is 30.3 Å². The Bertz CT molecular complexity index is 1220. The van der Waals surface area contributed by atoms with Gasteiger partial charge in [-0.3, -0.25) is 4.79 Å². The molecule has 2 aromatic heterocycles. The van der Waals surface area contributed by atoms with Crippen molar-refractivity contribution in [2.75, 3.05) is 10.6 Å². The number of pyridine rings is 1. The monoisotopic (exact) mass is 387 g/mol. The number of nitrogens with zero attached hydrogens (tertiary/aromatic N) is 3. The smallest absolute Gasteiger partial charge is 0.384 e. The highest BCUT2D eigenvalue weighted by molar-refractivity contribution is 6.04. The lowest BCUT2D eigenvalue weighted by Crippen LogP contribution is -2.23. The van der Waals surface area contributed by atoms with Gasteiger partial charge >= 0.3 is 5.69 Å². The number of benzene rings is 2. The first-order valence-electron chi connectivity index (χ1n) is 8.88. The number of amides is 1. The molecular weight excluding hydrogens is 370 g/mol. The summed E-state index contributed by atoms with van der Waals surface area (Å²) in [5.41, 5.74) is 1.48. The molecule has 0 atom stereocenters. The van der Waals surface area contributed by atoms with Gasteiger partial charge in [-0.15, -0.1) is 4.73 Å². The summed E-state index contributed by atoms with van der Waals surface area (Å²) < 4.78 is 0.417. The molecule has 2 heterocycles. The molecule has 144 valence electrons. The predicted molar refractivity (Wildman–Crippen MR) is 109 cm³/mol. The molecule has 0 aliphatic carbocycles. The third kappa shape index (κ3) is 3.91. The van der Waals surface area contributed by atoms with Gasteiger partial charge in [0.15, 0.2) is 5.65 Å². The molecule has 0 unspecified atom stereocenters. The van der Waals surface area contributed by atoms with Crippen molar-refractivity contribution in [1.29, 1.82) is 0 Å². The van der Waals surface area contributed by atoms with Crippen LogP contribution >= 0.6 is 0 Å². The van der Waals surface area contributed by atoms with Gasteiger partial charge in [-0.2, -0.15) is 4.98 Å². The highest BCUT2D eigenvalue weighted by atomic mass is 16.5. The molecule has 3 N–H and O–H groups in total. The van der Waals surface area contributed by atoms with E-state index in [4.69, 9.17) is 0 Å². The second kappa shape index (κ2) is 7.81. The van der Waals surface area contributed by atoms with E-state index in [2.05, 4.69) is 20.6 Å². The molecule has 8 heteroatoms. The highest BCUT2D eigenvalue weighted by Gasteiger charge is 2.11. The number of carbonyl (C=O) groups is 1. The summed E-state index contributed by atoms with van der Waals surface area (Å²) in [7, 11) is 0. The van der Waals surface area contributed by atoms with E-state index in [1.165, 1.54) is 6.20 Å². The molecule has 0 spiro atoms. The van der Waals surface area contributed by atoms with Crippen LogP contribution in [-0.4, -0.2) is 25.8 Å². The average Bonchev–Trinajstić information content (AvgIpc) is 2.76. The van der Waals surface area contributed by atoms with Crippen molar-refractivity contribution in [2.45, 2.75) is 6.54 Å². The maximum absolute atomic E-state index is 12.3. The molecule has 0 saturated carbocycles. The molecular formula is C21H17N5O3. The topological polar surface area (TPSA) is 109 Å². The summed E-state index contributed by atoms with van der Waals surface area (Å²) in [6, 6.07) is 19.7. The molecule has 0 bridgehead atoms. The van der Waals surface area contributed by atoms with Crippen molar-refractivity contribution >= 4 is 28.4 Å². The second-order valence-electron chi connectivity index (χ2n) is 6.30. The summed E-state index contributed by atoms with van der Waals surface area (Å²) in [4.78, 5) is 32.0. The van der Waals surface area contributed by atoms with Gasteiger partial charge in [0.05, 0.1) is 5.39 Å². The van der Waals surface area contributed by atoms with Gasteiger partial charge in [0.25, 0.3) is 5.91 Å². The van der Waals surface area contributed by atoms with E-state index < -0.39 is 5.69 Å². The zero-order chi connectivity index (χ0) is 20.2. The number of anilines is 2. The summed E-state index contributed by atoms with van der Waals surface area (Å²) in [5.74, 6) is 0.135. The number of para-hydroxylation sites is 1. The molecule has 4 rings (SSSR count). The standard InChI is InChI=1S/C21H17N5O3/c27-20(24-16-5-2-1-3-6-16)15-10-8-14(9-11-15)13-23-18-17-7-4-12-22-19(17)26(29)21(28)25-18/h1-12,29H,13H2,(H,24,27)(H,23,25,28). The molecule has 0 saturated heterocycles. The molecule has 29 heavy (non-hydrogen) atoms. The molecule has 0 aliphatic heterocycles. The van der Waals surface area contributed by atoms with E-state index in [0.717, 1.165) is 11.3 Å². The number of rotatable bonds is 5. The Morgan fingerprint density at radius 1 is 1.00 bits per heavy atom. The minimum Gasteiger partial charge on any atom is -0.422 e. The van der Waals surface area contributed by atoms with Gasteiger partial charge in [-0.05, 0) is 42.0 Å². The Balaban J connectivity index is 1.48. The van der Waals surface area contributed by atoms with E-state index in [-0.39, 0.29) is 11.6 Å². The predicted octanol–water partition coefficient (Wildman–Crippen LogP) is 2.89. The van der Waals surface area contributed by atoms with Crippen LogP contribution in [0.5, 0.6) is 0 Å². The second-order valence-corrected chi connectivity index (χ2v) is 6.30. The van der Waals surface area contributed by atoms with Crippen molar-refractivity contribution in [2.24, 2.45) is 0 Å². The third-order valence-electron chi connectivity index (χ3n) is 4.34. The summed E-state index contributed by atoms with van der Waals surface area (Å²) in [6.45, 7) is 0.381. The first-order valence-corrected chi connectivity index (χ1v) is 8.88. The summed E-state index contributed by atoms with van der Waals surface area (Å²) in [6.07, 6.45) is 1.48. The van der Waals surface area contributed by atoms with Crippen LogP contribution in [0.3, 0.4) is 0 Å². The Kier molecular flexibility index (Phi) is 4.90. The number of hydrogen-bond donors (Lipinski definition) is 3. The van der Waals surface area contributed by atoms with Crippen LogP contribution in [0.25, 0.3) is 11.0 Å². The molecule has 0 aliphatic rings. The van der Waals surface area contributed by atoms with Crippen LogP contribution in [0, 0.1) is 0 Å². The molecule has 2 aromatic carbocycles. The molecule has 1 amide bonds. The Morgan fingerprint density at radius 2 is 1.76 bits per heavy atom. The van der Waals surface area contributed by atoms with Gasteiger partial charge < -0.3 is 15.8 Å². The maximum Gasteiger partial charge on any atom is 0.384 e.